The lowest BCUT2D eigenvalue weighted by Gasteiger charge is -2.07. The van der Waals surface area contributed by atoms with E-state index in [2.05, 4.69) is 5.32 Å². The number of urea groups is 1. The van der Waals surface area contributed by atoms with Crippen LogP contribution in [0.1, 0.15) is 20.7 Å². The zero-order chi connectivity index (χ0) is 15.4. The predicted octanol–water partition coefficient (Wildman–Crippen LogP) is 2.46. The van der Waals surface area contributed by atoms with Crippen molar-refractivity contribution < 1.29 is 14.4 Å². The minimum absolute atomic E-state index is 0.152. The first-order valence-electron chi connectivity index (χ1n) is 5.73. The quantitative estimate of drug-likeness (QED) is 0.808. The summed E-state index contributed by atoms with van der Waals surface area (Å²) in [4.78, 5) is 34.6. The minimum atomic E-state index is -0.963. The van der Waals surface area contributed by atoms with Crippen molar-refractivity contribution in [3.8, 4) is 0 Å². The highest BCUT2D eigenvalue weighted by atomic mass is 35.5. The lowest BCUT2D eigenvalue weighted by molar-refractivity contribution is 0.0967. The maximum absolute atomic E-state index is 12.1. The summed E-state index contributed by atoms with van der Waals surface area (Å²) in [5.74, 6) is -1.13. The van der Waals surface area contributed by atoms with Gasteiger partial charge in [-0.1, -0.05) is 23.7 Å². The normalized spacial score (nSPS) is 9.95. The Balaban J connectivity index is 2.20. The van der Waals surface area contributed by atoms with Gasteiger partial charge in [0.25, 0.3) is 11.8 Å². The number of hydrogen-bond acceptors (Lipinski definition) is 4. The molecule has 4 amide bonds. The summed E-state index contributed by atoms with van der Waals surface area (Å²) in [6, 6.07) is 7.05. The van der Waals surface area contributed by atoms with E-state index in [9.17, 15) is 14.4 Å². The van der Waals surface area contributed by atoms with Crippen molar-refractivity contribution >= 4 is 45.8 Å². The van der Waals surface area contributed by atoms with Gasteiger partial charge in [-0.2, -0.15) is 0 Å². The number of halogens is 1. The van der Waals surface area contributed by atoms with Gasteiger partial charge in [-0.05, 0) is 23.6 Å². The van der Waals surface area contributed by atoms with Gasteiger partial charge in [0.2, 0.25) is 0 Å². The molecule has 0 fully saturated rings. The molecule has 8 heteroatoms. The zero-order valence-corrected chi connectivity index (χ0v) is 12.1. The Bertz CT molecular complexity index is 714. The van der Waals surface area contributed by atoms with E-state index in [0.717, 1.165) is 11.3 Å². The van der Waals surface area contributed by atoms with Crippen molar-refractivity contribution in [3.05, 3.63) is 51.9 Å². The van der Waals surface area contributed by atoms with Gasteiger partial charge in [-0.15, -0.1) is 11.3 Å². The molecule has 1 aromatic carbocycles. The summed E-state index contributed by atoms with van der Waals surface area (Å²) >= 11 is 7.08. The van der Waals surface area contributed by atoms with Crippen molar-refractivity contribution in [1.29, 1.82) is 0 Å². The van der Waals surface area contributed by atoms with E-state index in [1.54, 1.807) is 29.6 Å². The molecule has 1 heterocycles. The third-order valence-electron chi connectivity index (χ3n) is 2.49. The van der Waals surface area contributed by atoms with Crippen LogP contribution in [0, 0.1) is 0 Å². The molecule has 0 spiro atoms. The number of primary amides is 1. The molecular weight excluding hydrogens is 314 g/mol. The summed E-state index contributed by atoms with van der Waals surface area (Å²) in [6.07, 6.45) is 0. The highest BCUT2D eigenvalue weighted by Crippen LogP contribution is 2.25. The van der Waals surface area contributed by atoms with Crippen molar-refractivity contribution in [1.82, 2.24) is 5.32 Å². The number of nitrogens with one attached hydrogen (secondary N) is 2. The van der Waals surface area contributed by atoms with Crippen molar-refractivity contribution in [2.45, 2.75) is 0 Å². The van der Waals surface area contributed by atoms with Crippen LogP contribution in [0.5, 0.6) is 0 Å². The van der Waals surface area contributed by atoms with Gasteiger partial charge < -0.3 is 11.1 Å². The molecule has 0 unspecified atom stereocenters. The number of imide groups is 1. The number of thiophene rings is 1. The molecule has 0 saturated carbocycles. The van der Waals surface area contributed by atoms with Crippen LogP contribution in [0.4, 0.5) is 9.80 Å². The van der Waals surface area contributed by atoms with E-state index in [1.165, 1.54) is 6.07 Å². The molecular formula is C13H10ClN3O3S. The van der Waals surface area contributed by atoms with Crippen molar-refractivity contribution in [3.63, 3.8) is 0 Å². The largest absolute Gasteiger partial charge is 0.351 e. The first kappa shape index (κ1) is 15.0. The average Bonchev–Trinajstić information content (AvgIpc) is 2.86. The Morgan fingerprint density at radius 1 is 1.05 bits per heavy atom. The smallest absolute Gasteiger partial charge is 0.319 e. The Morgan fingerprint density at radius 3 is 2.43 bits per heavy atom. The highest BCUT2D eigenvalue weighted by Gasteiger charge is 2.17. The Morgan fingerprint density at radius 2 is 1.76 bits per heavy atom. The lowest BCUT2D eigenvalue weighted by Crippen LogP contribution is -2.35. The molecule has 0 bridgehead atoms. The summed E-state index contributed by atoms with van der Waals surface area (Å²) in [5.41, 5.74) is 5.33. The van der Waals surface area contributed by atoms with Crippen LogP contribution in [-0.4, -0.2) is 17.8 Å². The molecule has 0 aliphatic carbocycles. The van der Waals surface area contributed by atoms with Gasteiger partial charge in [-0.25, -0.2) is 4.79 Å². The van der Waals surface area contributed by atoms with E-state index in [-0.39, 0.29) is 11.1 Å². The van der Waals surface area contributed by atoms with Gasteiger partial charge in [0.05, 0.1) is 16.1 Å². The first-order valence-corrected chi connectivity index (χ1v) is 6.99. The maximum Gasteiger partial charge on any atom is 0.319 e. The molecule has 0 atom stereocenters. The zero-order valence-electron chi connectivity index (χ0n) is 10.6. The van der Waals surface area contributed by atoms with Crippen LogP contribution in [0.3, 0.4) is 0 Å². The molecule has 0 radical (unpaired) electrons. The van der Waals surface area contributed by atoms with Crippen LogP contribution in [0.15, 0.2) is 35.7 Å². The van der Waals surface area contributed by atoms with E-state index in [1.807, 2.05) is 5.32 Å². The lowest BCUT2D eigenvalue weighted by atomic mass is 10.2. The van der Waals surface area contributed by atoms with E-state index in [0.29, 0.717) is 10.0 Å². The van der Waals surface area contributed by atoms with Gasteiger partial charge >= 0.3 is 6.03 Å². The molecule has 6 nitrogen and oxygen atoms in total. The molecule has 4 N–H and O–H groups in total. The van der Waals surface area contributed by atoms with E-state index in [4.69, 9.17) is 17.3 Å². The number of nitrogens with two attached hydrogens (primary N) is 1. The van der Waals surface area contributed by atoms with Gasteiger partial charge in [-0.3, -0.25) is 14.9 Å². The average molecular weight is 324 g/mol. The van der Waals surface area contributed by atoms with Crippen LogP contribution < -0.4 is 16.4 Å². The molecule has 2 aromatic rings. The Labute approximate surface area is 128 Å². The van der Waals surface area contributed by atoms with Crippen LogP contribution >= 0.6 is 22.9 Å². The molecule has 0 saturated heterocycles. The van der Waals surface area contributed by atoms with E-state index >= 15 is 0 Å². The molecule has 21 heavy (non-hydrogen) atoms. The second-order valence-electron chi connectivity index (χ2n) is 3.92. The fourth-order valence-electron chi connectivity index (χ4n) is 1.58. The van der Waals surface area contributed by atoms with Crippen molar-refractivity contribution in [2.24, 2.45) is 5.73 Å². The summed E-state index contributed by atoms with van der Waals surface area (Å²) < 4.78 is 0. The van der Waals surface area contributed by atoms with Crippen LogP contribution in [-0.2, 0) is 0 Å². The van der Waals surface area contributed by atoms with Gasteiger partial charge in [0.1, 0.15) is 5.00 Å². The first-order chi connectivity index (χ1) is 9.99. The number of carbonyl (C=O) groups is 3. The number of amides is 4. The Hall–Kier alpha value is -2.38. The third kappa shape index (κ3) is 3.59. The number of hydrogen-bond donors (Lipinski definition) is 3. The number of rotatable bonds is 3. The SMILES string of the molecule is NC(=O)NC(=O)c1ccsc1NC(=O)c1ccccc1Cl. The van der Waals surface area contributed by atoms with Crippen LogP contribution in [0.25, 0.3) is 0 Å². The number of anilines is 1. The highest BCUT2D eigenvalue weighted by molar-refractivity contribution is 7.14. The fourth-order valence-corrected chi connectivity index (χ4v) is 2.58. The third-order valence-corrected chi connectivity index (χ3v) is 3.65. The van der Waals surface area contributed by atoms with Gasteiger partial charge in [0.15, 0.2) is 0 Å². The summed E-state index contributed by atoms with van der Waals surface area (Å²) in [6.45, 7) is 0. The monoisotopic (exact) mass is 323 g/mol. The second kappa shape index (κ2) is 6.38. The molecule has 1 aromatic heterocycles. The molecule has 2 rings (SSSR count). The fraction of sp³-hybridized carbons (Fsp3) is 0. The summed E-state index contributed by atoms with van der Waals surface area (Å²) in [7, 11) is 0. The maximum atomic E-state index is 12.1. The van der Waals surface area contributed by atoms with E-state index < -0.39 is 17.8 Å². The topological polar surface area (TPSA) is 101 Å². The van der Waals surface area contributed by atoms with Crippen molar-refractivity contribution in [2.75, 3.05) is 5.32 Å². The number of benzene rings is 1. The molecule has 0 aliphatic rings. The minimum Gasteiger partial charge on any atom is -0.351 e. The molecule has 0 aliphatic heterocycles. The standard InChI is InChI=1S/C13H10ClN3O3S/c14-9-4-2-1-3-7(9)10(18)16-12-8(5-6-21-12)11(19)17-13(15)20/h1-6H,(H,16,18)(H3,15,17,19,20). The second-order valence-corrected chi connectivity index (χ2v) is 5.24. The van der Waals surface area contributed by atoms with Crippen LogP contribution in [0.2, 0.25) is 5.02 Å². The summed E-state index contributed by atoms with van der Waals surface area (Å²) in [5, 5.41) is 6.74. The Kier molecular flexibility index (Phi) is 4.56. The molecule has 108 valence electrons. The predicted molar refractivity (Wildman–Crippen MR) is 80.8 cm³/mol. The number of carbonyl (C=O) groups excluding carboxylic acids is 3. The van der Waals surface area contributed by atoms with Gasteiger partial charge in [0, 0.05) is 0 Å².